The normalized spacial score (nSPS) is 17.6. The fourth-order valence-electron chi connectivity index (χ4n) is 0.669. The van der Waals surface area contributed by atoms with E-state index in [0.717, 1.165) is 6.08 Å². The first-order chi connectivity index (χ1) is 5.57. The summed E-state index contributed by atoms with van der Waals surface area (Å²) in [6, 6.07) is 1.55. The Bertz CT molecular complexity index is 373. The summed E-state index contributed by atoms with van der Waals surface area (Å²) in [5.74, 6) is -1.32. The predicted molar refractivity (Wildman–Crippen MR) is 42.4 cm³/mol. The Kier molecular flexibility index (Phi) is 2.32. The summed E-state index contributed by atoms with van der Waals surface area (Å²) in [6.07, 6.45) is 0.872. The van der Waals surface area contributed by atoms with Crippen LogP contribution in [0.3, 0.4) is 0 Å². The third-order valence-electron chi connectivity index (χ3n) is 1.25. The highest BCUT2D eigenvalue weighted by Gasteiger charge is 2.25. The summed E-state index contributed by atoms with van der Waals surface area (Å²) in [4.78, 5) is 21.9. The molecule has 0 spiro atoms. The van der Waals surface area contributed by atoms with Gasteiger partial charge < -0.3 is 0 Å². The van der Waals surface area contributed by atoms with Crippen molar-refractivity contribution in [3.8, 4) is 6.07 Å². The van der Waals surface area contributed by atoms with E-state index in [-0.39, 0.29) is 15.6 Å². The maximum Gasteiger partial charge on any atom is 0.216 e. The molecule has 0 atom stereocenters. The molecule has 5 heteroatoms. The van der Waals surface area contributed by atoms with Crippen LogP contribution >= 0.6 is 23.2 Å². The van der Waals surface area contributed by atoms with Crippen molar-refractivity contribution >= 4 is 34.8 Å². The number of halogens is 2. The van der Waals surface area contributed by atoms with Gasteiger partial charge in [0.2, 0.25) is 5.78 Å². The summed E-state index contributed by atoms with van der Waals surface area (Å²) < 4.78 is 0. The first-order valence-corrected chi connectivity index (χ1v) is 3.59. The van der Waals surface area contributed by atoms with E-state index < -0.39 is 11.6 Å². The van der Waals surface area contributed by atoms with Gasteiger partial charge in [0.05, 0.1) is 0 Å². The molecule has 0 aliphatic heterocycles. The Morgan fingerprint density at radius 2 is 1.83 bits per heavy atom. The second-order valence-corrected chi connectivity index (χ2v) is 2.75. The lowest BCUT2D eigenvalue weighted by Gasteiger charge is -2.04. The molecule has 12 heavy (non-hydrogen) atoms. The van der Waals surface area contributed by atoms with E-state index in [1.807, 2.05) is 0 Å². The topological polar surface area (TPSA) is 57.9 Å². The summed E-state index contributed by atoms with van der Waals surface area (Å²) in [7, 11) is 0. The molecule has 1 rings (SSSR count). The Labute approximate surface area is 77.9 Å². The van der Waals surface area contributed by atoms with Crippen molar-refractivity contribution < 1.29 is 9.59 Å². The second kappa shape index (κ2) is 3.10. The minimum absolute atomic E-state index is 0.283. The van der Waals surface area contributed by atoms with Gasteiger partial charge in [0.15, 0.2) is 5.78 Å². The van der Waals surface area contributed by atoms with Gasteiger partial charge in [0, 0.05) is 6.08 Å². The van der Waals surface area contributed by atoms with Crippen LogP contribution in [0.4, 0.5) is 0 Å². The van der Waals surface area contributed by atoms with Crippen LogP contribution in [0.5, 0.6) is 0 Å². The lowest BCUT2D eigenvalue weighted by molar-refractivity contribution is -0.114. The van der Waals surface area contributed by atoms with E-state index in [1.54, 1.807) is 6.07 Å². The Hall–Kier alpha value is -1.11. The van der Waals surface area contributed by atoms with Gasteiger partial charge in [-0.15, -0.1) is 0 Å². The average molecular weight is 202 g/mol. The van der Waals surface area contributed by atoms with Gasteiger partial charge in [-0.3, -0.25) is 9.59 Å². The van der Waals surface area contributed by atoms with Gasteiger partial charge in [-0.25, -0.2) is 0 Å². The van der Waals surface area contributed by atoms with Crippen LogP contribution < -0.4 is 0 Å². The minimum Gasteiger partial charge on any atom is -0.288 e. The largest absolute Gasteiger partial charge is 0.288 e. The number of nitriles is 1. The van der Waals surface area contributed by atoms with Crippen molar-refractivity contribution in [3.05, 3.63) is 21.7 Å². The SMILES string of the molecule is N#CC1=CC(=O)C(Cl)=C(Cl)C1=O. The van der Waals surface area contributed by atoms with Gasteiger partial charge in [-0.1, -0.05) is 23.2 Å². The van der Waals surface area contributed by atoms with Crippen molar-refractivity contribution in [2.45, 2.75) is 0 Å². The van der Waals surface area contributed by atoms with Crippen molar-refractivity contribution in [3.63, 3.8) is 0 Å². The fourth-order valence-corrected chi connectivity index (χ4v) is 1.00. The highest BCUT2D eigenvalue weighted by atomic mass is 35.5. The van der Waals surface area contributed by atoms with Crippen LogP contribution in [0, 0.1) is 11.3 Å². The summed E-state index contributed by atoms with van der Waals surface area (Å²) in [6.45, 7) is 0. The lowest BCUT2D eigenvalue weighted by atomic mass is 10.1. The Morgan fingerprint density at radius 3 is 2.33 bits per heavy atom. The quantitative estimate of drug-likeness (QED) is 0.555. The summed E-state index contributed by atoms with van der Waals surface area (Å²) >= 11 is 10.7. The maximum absolute atomic E-state index is 11.0. The number of Topliss-reactive ketones (excluding diaryl/α,β-unsaturated/α-hetero) is 1. The molecular formula is C7HCl2NO2. The van der Waals surface area contributed by atoms with E-state index in [1.165, 1.54) is 0 Å². The molecule has 3 nitrogen and oxygen atoms in total. The molecule has 0 heterocycles. The van der Waals surface area contributed by atoms with Gasteiger partial charge in [0.25, 0.3) is 0 Å². The number of rotatable bonds is 0. The second-order valence-electron chi connectivity index (χ2n) is 1.99. The van der Waals surface area contributed by atoms with E-state index in [0.29, 0.717) is 0 Å². The van der Waals surface area contributed by atoms with E-state index >= 15 is 0 Å². The van der Waals surface area contributed by atoms with Gasteiger partial charge >= 0.3 is 0 Å². The number of carbonyl (C=O) groups excluding carboxylic acids is 2. The number of nitrogens with zero attached hydrogens (tertiary/aromatic N) is 1. The fraction of sp³-hybridized carbons (Fsp3) is 0. The molecule has 0 amide bonds. The zero-order valence-electron chi connectivity index (χ0n) is 5.60. The van der Waals surface area contributed by atoms with E-state index in [2.05, 4.69) is 0 Å². The molecule has 0 fully saturated rings. The number of carbonyl (C=O) groups is 2. The predicted octanol–water partition coefficient (Wildman–Crippen LogP) is 1.28. The molecule has 0 bridgehead atoms. The molecule has 60 valence electrons. The molecule has 0 radical (unpaired) electrons. The molecule has 1 aliphatic carbocycles. The van der Waals surface area contributed by atoms with E-state index in [9.17, 15) is 9.59 Å². The minimum atomic E-state index is -0.705. The summed E-state index contributed by atoms with van der Waals surface area (Å²) in [5, 5.41) is 7.65. The van der Waals surface area contributed by atoms with Gasteiger partial charge in [0.1, 0.15) is 21.7 Å². The molecule has 0 N–H and O–H groups in total. The van der Waals surface area contributed by atoms with Crippen molar-refractivity contribution in [2.24, 2.45) is 0 Å². The molecule has 0 saturated heterocycles. The smallest absolute Gasteiger partial charge is 0.216 e. The number of hydrogen-bond donors (Lipinski definition) is 0. The third-order valence-corrected chi connectivity index (χ3v) is 2.08. The highest BCUT2D eigenvalue weighted by Crippen LogP contribution is 2.24. The standard InChI is InChI=1S/C7HCl2NO2/c8-5-4(11)1-3(2-10)7(12)6(5)9/h1H. The van der Waals surface area contributed by atoms with Crippen molar-refractivity contribution in [2.75, 3.05) is 0 Å². The Balaban J connectivity index is 3.24. The van der Waals surface area contributed by atoms with Crippen LogP contribution in [-0.4, -0.2) is 11.6 Å². The third kappa shape index (κ3) is 1.27. The lowest BCUT2D eigenvalue weighted by Crippen LogP contribution is -2.13. The highest BCUT2D eigenvalue weighted by molar-refractivity contribution is 6.58. The number of ketones is 2. The van der Waals surface area contributed by atoms with Crippen molar-refractivity contribution in [1.29, 1.82) is 5.26 Å². The molecule has 0 saturated carbocycles. The zero-order valence-corrected chi connectivity index (χ0v) is 7.11. The van der Waals surface area contributed by atoms with Crippen LogP contribution in [0.15, 0.2) is 21.7 Å². The maximum atomic E-state index is 11.0. The van der Waals surface area contributed by atoms with Crippen LogP contribution in [0.2, 0.25) is 0 Å². The molecular weight excluding hydrogens is 201 g/mol. The Morgan fingerprint density at radius 1 is 1.25 bits per heavy atom. The molecule has 0 aromatic rings. The molecule has 0 unspecified atom stereocenters. The van der Waals surface area contributed by atoms with Gasteiger partial charge in [-0.05, 0) is 0 Å². The number of allylic oxidation sites excluding steroid dienone is 4. The monoisotopic (exact) mass is 201 g/mol. The van der Waals surface area contributed by atoms with Gasteiger partial charge in [-0.2, -0.15) is 5.26 Å². The van der Waals surface area contributed by atoms with Crippen molar-refractivity contribution in [1.82, 2.24) is 0 Å². The average Bonchev–Trinajstić information content (AvgIpc) is 2.08. The zero-order chi connectivity index (χ0) is 9.30. The molecule has 1 aliphatic rings. The molecule has 0 aromatic heterocycles. The summed E-state index contributed by atoms with van der Waals surface area (Å²) in [5.41, 5.74) is -0.283. The first kappa shape index (κ1) is 8.98. The van der Waals surface area contributed by atoms with Crippen LogP contribution in [0.25, 0.3) is 0 Å². The molecule has 0 aromatic carbocycles. The van der Waals surface area contributed by atoms with E-state index in [4.69, 9.17) is 28.5 Å². The van der Waals surface area contributed by atoms with Crippen LogP contribution in [0.1, 0.15) is 0 Å². The first-order valence-electron chi connectivity index (χ1n) is 2.84. The number of hydrogen-bond acceptors (Lipinski definition) is 3. The van der Waals surface area contributed by atoms with Crippen LogP contribution in [-0.2, 0) is 9.59 Å².